The zero-order valence-corrected chi connectivity index (χ0v) is 16.0. The van der Waals surface area contributed by atoms with Crippen LogP contribution in [0.3, 0.4) is 0 Å². The van der Waals surface area contributed by atoms with Crippen molar-refractivity contribution >= 4 is 23.0 Å². The molecule has 1 aliphatic rings. The Labute approximate surface area is 156 Å². The Balaban J connectivity index is 1.44. The van der Waals surface area contributed by atoms with E-state index in [0.717, 1.165) is 64.9 Å². The summed E-state index contributed by atoms with van der Waals surface area (Å²) in [6.45, 7) is 9.57. The van der Waals surface area contributed by atoms with Gasteiger partial charge < -0.3 is 9.80 Å². The first-order chi connectivity index (χ1) is 12.6. The van der Waals surface area contributed by atoms with Gasteiger partial charge in [0.15, 0.2) is 5.82 Å². The van der Waals surface area contributed by atoms with Crippen LogP contribution in [0.15, 0.2) is 24.4 Å². The van der Waals surface area contributed by atoms with Crippen LogP contribution in [0, 0.1) is 20.8 Å². The summed E-state index contributed by atoms with van der Waals surface area (Å²) >= 11 is 1.66. The van der Waals surface area contributed by atoms with Crippen molar-refractivity contribution in [3.63, 3.8) is 0 Å². The lowest BCUT2D eigenvalue weighted by molar-refractivity contribution is 0.637. The number of aromatic nitrogens is 5. The molecular weight excluding hydrogens is 346 g/mol. The predicted molar refractivity (Wildman–Crippen MR) is 104 cm³/mol. The molecule has 7 nitrogen and oxygen atoms in total. The topological polar surface area (TPSA) is 70.9 Å². The second-order valence-electron chi connectivity index (χ2n) is 6.36. The van der Waals surface area contributed by atoms with Crippen molar-refractivity contribution in [3.05, 3.63) is 40.9 Å². The van der Waals surface area contributed by atoms with Crippen LogP contribution in [-0.4, -0.2) is 51.3 Å². The van der Waals surface area contributed by atoms with E-state index in [4.69, 9.17) is 0 Å². The monoisotopic (exact) mass is 367 g/mol. The fourth-order valence-electron chi connectivity index (χ4n) is 3.17. The molecule has 1 saturated heterocycles. The van der Waals surface area contributed by atoms with Crippen LogP contribution in [0.1, 0.15) is 16.5 Å². The molecule has 0 radical (unpaired) electrons. The molecule has 0 N–H and O–H groups in total. The number of piperazine rings is 1. The van der Waals surface area contributed by atoms with Crippen molar-refractivity contribution < 1.29 is 0 Å². The van der Waals surface area contributed by atoms with E-state index in [0.29, 0.717) is 0 Å². The van der Waals surface area contributed by atoms with E-state index in [1.807, 2.05) is 39.1 Å². The summed E-state index contributed by atoms with van der Waals surface area (Å²) in [5, 5.41) is 9.94. The second-order valence-corrected chi connectivity index (χ2v) is 7.56. The molecule has 0 unspecified atom stereocenters. The molecule has 4 rings (SSSR count). The predicted octanol–water partition coefficient (Wildman–Crippen LogP) is 2.64. The largest absolute Gasteiger partial charge is 0.353 e. The Morgan fingerprint density at radius 2 is 1.58 bits per heavy atom. The van der Waals surface area contributed by atoms with E-state index < -0.39 is 0 Å². The van der Waals surface area contributed by atoms with Gasteiger partial charge in [-0.15, -0.1) is 21.5 Å². The fourth-order valence-corrected chi connectivity index (χ4v) is 4.05. The number of rotatable bonds is 3. The van der Waals surface area contributed by atoms with Gasteiger partial charge in [0.1, 0.15) is 17.3 Å². The van der Waals surface area contributed by atoms with E-state index >= 15 is 0 Å². The smallest absolute Gasteiger partial charge is 0.151 e. The molecule has 0 bridgehead atoms. The summed E-state index contributed by atoms with van der Waals surface area (Å²) in [7, 11) is 0. The van der Waals surface area contributed by atoms with Gasteiger partial charge in [-0.25, -0.2) is 15.0 Å². The van der Waals surface area contributed by atoms with Gasteiger partial charge in [0.2, 0.25) is 0 Å². The van der Waals surface area contributed by atoms with Gasteiger partial charge in [-0.05, 0) is 39.0 Å². The first-order valence-corrected chi connectivity index (χ1v) is 9.49. The van der Waals surface area contributed by atoms with Gasteiger partial charge in [0.25, 0.3) is 0 Å². The Bertz CT molecular complexity index is 898. The molecule has 0 atom stereocenters. The standard InChI is InChI=1S/C18H21N7S/c1-12-18(26-14(3)20-12)15-4-5-17(23-22-15)25-10-8-24(9-11-25)16-6-7-19-13(2)21-16/h4-7H,8-11H2,1-3H3. The van der Waals surface area contributed by atoms with E-state index in [1.54, 1.807) is 11.3 Å². The van der Waals surface area contributed by atoms with Crippen molar-refractivity contribution in [3.8, 4) is 10.6 Å². The summed E-state index contributed by atoms with van der Waals surface area (Å²) < 4.78 is 0. The maximum Gasteiger partial charge on any atom is 0.151 e. The Morgan fingerprint density at radius 3 is 2.15 bits per heavy atom. The molecule has 134 valence electrons. The van der Waals surface area contributed by atoms with Crippen LogP contribution in [0.4, 0.5) is 11.6 Å². The average Bonchev–Trinajstić information content (AvgIpc) is 3.00. The highest BCUT2D eigenvalue weighted by atomic mass is 32.1. The molecule has 4 heterocycles. The molecule has 26 heavy (non-hydrogen) atoms. The first-order valence-electron chi connectivity index (χ1n) is 8.68. The summed E-state index contributed by atoms with van der Waals surface area (Å²) in [6.07, 6.45) is 1.82. The second kappa shape index (κ2) is 6.95. The van der Waals surface area contributed by atoms with Crippen LogP contribution in [0.2, 0.25) is 0 Å². The lowest BCUT2D eigenvalue weighted by Crippen LogP contribution is -2.47. The zero-order valence-electron chi connectivity index (χ0n) is 15.2. The van der Waals surface area contributed by atoms with Crippen molar-refractivity contribution in [2.45, 2.75) is 20.8 Å². The third kappa shape index (κ3) is 3.37. The molecule has 3 aromatic heterocycles. The molecule has 0 aliphatic carbocycles. The average molecular weight is 367 g/mol. The van der Waals surface area contributed by atoms with E-state index in [-0.39, 0.29) is 0 Å². The molecule has 8 heteroatoms. The van der Waals surface area contributed by atoms with Crippen LogP contribution < -0.4 is 9.80 Å². The van der Waals surface area contributed by atoms with Crippen LogP contribution in [-0.2, 0) is 0 Å². The minimum atomic E-state index is 0.806. The highest BCUT2D eigenvalue weighted by molar-refractivity contribution is 7.15. The summed E-state index contributed by atoms with van der Waals surface area (Å²) in [5.41, 5.74) is 1.91. The summed E-state index contributed by atoms with van der Waals surface area (Å²) in [4.78, 5) is 18.8. The third-order valence-corrected chi connectivity index (χ3v) is 5.57. The zero-order chi connectivity index (χ0) is 18.1. The van der Waals surface area contributed by atoms with Crippen LogP contribution in [0.5, 0.6) is 0 Å². The lowest BCUT2D eigenvalue weighted by Gasteiger charge is -2.35. The van der Waals surface area contributed by atoms with Gasteiger partial charge in [-0.3, -0.25) is 0 Å². The van der Waals surface area contributed by atoms with Crippen molar-refractivity contribution in [1.82, 2.24) is 25.1 Å². The van der Waals surface area contributed by atoms with Gasteiger partial charge in [-0.2, -0.15) is 0 Å². The first kappa shape index (κ1) is 16.8. The van der Waals surface area contributed by atoms with Gasteiger partial charge in [0.05, 0.1) is 15.6 Å². The molecule has 1 aliphatic heterocycles. The van der Waals surface area contributed by atoms with Gasteiger partial charge in [-0.1, -0.05) is 0 Å². The minimum Gasteiger partial charge on any atom is -0.353 e. The Kier molecular flexibility index (Phi) is 4.50. The van der Waals surface area contributed by atoms with Crippen molar-refractivity contribution in [1.29, 1.82) is 0 Å². The Hall–Kier alpha value is -2.61. The highest BCUT2D eigenvalue weighted by Crippen LogP contribution is 2.28. The quantitative estimate of drug-likeness (QED) is 0.705. The number of nitrogens with zero attached hydrogens (tertiary/aromatic N) is 7. The number of aryl methyl sites for hydroxylation is 3. The van der Waals surface area contributed by atoms with Crippen LogP contribution >= 0.6 is 11.3 Å². The molecule has 1 fully saturated rings. The van der Waals surface area contributed by atoms with Crippen LogP contribution in [0.25, 0.3) is 10.6 Å². The van der Waals surface area contributed by atoms with E-state index in [9.17, 15) is 0 Å². The normalized spacial score (nSPS) is 14.7. The maximum absolute atomic E-state index is 4.51. The molecule has 0 aromatic carbocycles. The van der Waals surface area contributed by atoms with E-state index in [1.165, 1.54) is 0 Å². The number of anilines is 2. The lowest BCUT2D eigenvalue weighted by atomic mass is 10.2. The summed E-state index contributed by atoms with van der Waals surface area (Å²) in [6, 6.07) is 6.07. The molecule has 0 amide bonds. The molecule has 3 aromatic rings. The SMILES string of the molecule is Cc1nccc(N2CCN(c3ccc(-c4sc(C)nc4C)nn3)CC2)n1. The Morgan fingerprint density at radius 1 is 0.846 bits per heavy atom. The molecule has 0 spiro atoms. The van der Waals surface area contributed by atoms with Crippen molar-refractivity contribution in [2.24, 2.45) is 0 Å². The van der Waals surface area contributed by atoms with E-state index in [2.05, 4.69) is 41.0 Å². The van der Waals surface area contributed by atoms with Gasteiger partial charge >= 0.3 is 0 Å². The third-order valence-electron chi connectivity index (χ3n) is 4.48. The summed E-state index contributed by atoms with van der Waals surface area (Å²) in [5.74, 6) is 2.72. The maximum atomic E-state index is 4.51. The highest BCUT2D eigenvalue weighted by Gasteiger charge is 2.20. The van der Waals surface area contributed by atoms with Crippen molar-refractivity contribution in [2.75, 3.05) is 36.0 Å². The van der Waals surface area contributed by atoms with Gasteiger partial charge in [0, 0.05) is 32.4 Å². The number of thiazole rings is 1. The minimum absolute atomic E-state index is 0.806. The molecular formula is C18H21N7S. The molecule has 0 saturated carbocycles. The number of hydrogen-bond donors (Lipinski definition) is 0. The number of hydrogen-bond acceptors (Lipinski definition) is 8. The fraction of sp³-hybridized carbons (Fsp3) is 0.389.